The van der Waals surface area contributed by atoms with E-state index in [9.17, 15) is 0 Å². The number of guanidine groups is 1. The summed E-state index contributed by atoms with van der Waals surface area (Å²) in [6, 6.07) is 6.08. The van der Waals surface area contributed by atoms with Gasteiger partial charge in [-0.15, -0.1) is 24.0 Å². The van der Waals surface area contributed by atoms with Gasteiger partial charge in [-0.25, -0.2) is 4.98 Å². The van der Waals surface area contributed by atoms with Crippen LogP contribution in [0.2, 0.25) is 0 Å². The summed E-state index contributed by atoms with van der Waals surface area (Å²) in [5.41, 5.74) is 2.37. The third-order valence-electron chi connectivity index (χ3n) is 3.49. The molecule has 0 radical (unpaired) electrons. The molecular weight excluding hydrogens is 435 g/mol. The monoisotopic (exact) mass is 460 g/mol. The van der Waals surface area contributed by atoms with Crippen molar-refractivity contribution in [2.75, 3.05) is 20.2 Å². The summed E-state index contributed by atoms with van der Waals surface area (Å²) < 4.78 is 5.54. The second-order valence-corrected chi connectivity index (χ2v) is 5.95. The molecule has 0 aliphatic heterocycles. The second kappa shape index (κ2) is 11.2. The number of ether oxygens (including phenoxy) is 1. The molecule has 2 aromatic heterocycles. The van der Waals surface area contributed by atoms with Gasteiger partial charge in [-0.3, -0.25) is 4.99 Å². The van der Waals surface area contributed by atoms with E-state index in [1.807, 2.05) is 19.1 Å². The zero-order valence-corrected chi connectivity index (χ0v) is 17.4. The van der Waals surface area contributed by atoms with Crippen molar-refractivity contribution in [3.8, 4) is 5.88 Å². The minimum Gasteiger partial charge on any atom is -0.478 e. The maximum Gasteiger partial charge on any atom is 0.218 e. The van der Waals surface area contributed by atoms with Crippen LogP contribution in [0.15, 0.2) is 40.1 Å². The lowest BCUT2D eigenvalue weighted by Gasteiger charge is -2.16. The fourth-order valence-electron chi connectivity index (χ4n) is 2.15. The minimum atomic E-state index is 0. The topological polar surface area (TPSA) is 58.5 Å². The molecule has 5 nitrogen and oxygen atoms in total. The number of pyridine rings is 1. The van der Waals surface area contributed by atoms with Gasteiger partial charge < -0.3 is 15.4 Å². The lowest BCUT2D eigenvalue weighted by molar-refractivity contribution is 0.322. The van der Waals surface area contributed by atoms with E-state index in [-0.39, 0.29) is 24.0 Å². The van der Waals surface area contributed by atoms with Gasteiger partial charge in [-0.2, -0.15) is 11.3 Å². The average Bonchev–Trinajstić information content (AvgIpc) is 3.11. The first-order chi connectivity index (χ1) is 11.2. The van der Waals surface area contributed by atoms with Crippen LogP contribution in [-0.4, -0.2) is 31.1 Å². The molecule has 0 fully saturated rings. The molecule has 0 aliphatic carbocycles. The van der Waals surface area contributed by atoms with Gasteiger partial charge in [0.1, 0.15) is 0 Å². The van der Waals surface area contributed by atoms with Crippen LogP contribution in [0.1, 0.15) is 30.9 Å². The van der Waals surface area contributed by atoms with Crippen molar-refractivity contribution in [1.82, 2.24) is 15.6 Å². The van der Waals surface area contributed by atoms with Crippen LogP contribution in [-0.2, 0) is 6.54 Å². The number of aromatic nitrogens is 1. The van der Waals surface area contributed by atoms with E-state index in [2.05, 4.69) is 44.4 Å². The highest BCUT2D eigenvalue weighted by Crippen LogP contribution is 2.17. The van der Waals surface area contributed by atoms with Crippen molar-refractivity contribution in [1.29, 1.82) is 0 Å². The highest BCUT2D eigenvalue weighted by Gasteiger charge is 2.08. The number of aliphatic imine (C=N–C) groups is 1. The van der Waals surface area contributed by atoms with Gasteiger partial charge >= 0.3 is 0 Å². The van der Waals surface area contributed by atoms with E-state index in [1.54, 1.807) is 24.6 Å². The van der Waals surface area contributed by atoms with Crippen molar-refractivity contribution >= 4 is 41.3 Å². The van der Waals surface area contributed by atoms with E-state index >= 15 is 0 Å². The maximum absolute atomic E-state index is 5.54. The highest BCUT2D eigenvalue weighted by atomic mass is 127. The Balaban J connectivity index is 0.00000288. The normalized spacial score (nSPS) is 12.2. The summed E-state index contributed by atoms with van der Waals surface area (Å²) in [6.45, 7) is 6.22. The molecule has 132 valence electrons. The van der Waals surface area contributed by atoms with Gasteiger partial charge in [-0.1, -0.05) is 13.0 Å². The SMILES string of the molecule is CCOc1ncccc1CNC(=NC)NCC(C)c1ccsc1.I. The number of halogens is 1. The second-order valence-electron chi connectivity index (χ2n) is 5.17. The largest absolute Gasteiger partial charge is 0.478 e. The Kier molecular flexibility index (Phi) is 9.70. The number of hydrogen-bond acceptors (Lipinski definition) is 4. The Morgan fingerprint density at radius 2 is 2.21 bits per heavy atom. The predicted molar refractivity (Wildman–Crippen MR) is 112 cm³/mol. The molecule has 0 saturated heterocycles. The fraction of sp³-hybridized carbons (Fsp3) is 0.412. The van der Waals surface area contributed by atoms with Gasteiger partial charge in [0.05, 0.1) is 6.61 Å². The van der Waals surface area contributed by atoms with E-state index in [4.69, 9.17) is 4.74 Å². The number of hydrogen-bond donors (Lipinski definition) is 2. The predicted octanol–water partition coefficient (Wildman–Crippen LogP) is 3.63. The fourth-order valence-corrected chi connectivity index (χ4v) is 2.93. The van der Waals surface area contributed by atoms with E-state index in [0.29, 0.717) is 24.9 Å². The molecule has 2 rings (SSSR count). The molecule has 0 bridgehead atoms. The highest BCUT2D eigenvalue weighted by molar-refractivity contribution is 14.0. The van der Waals surface area contributed by atoms with Gasteiger partial charge in [0.15, 0.2) is 5.96 Å². The van der Waals surface area contributed by atoms with E-state index in [0.717, 1.165) is 18.1 Å². The molecule has 7 heteroatoms. The van der Waals surface area contributed by atoms with Crippen molar-refractivity contribution in [3.63, 3.8) is 0 Å². The van der Waals surface area contributed by atoms with Crippen molar-refractivity contribution in [2.24, 2.45) is 4.99 Å². The van der Waals surface area contributed by atoms with Crippen LogP contribution in [0.5, 0.6) is 5.88 Å². The summed E-state index contributed by atoms with van der Waals surface area (Å²) in [7, 11) is 1.78. The summed E-state index contributed by atoms with van der Waals surface area (Å²) in [4.78, 5) is 8.53. The number of nitrogens with one attached hydrogen (secondary N) is 2. The smallest absolute Gasteiger partial charge is 0.218 e. The van der Waals surface area contributed by atoms with Gasteiger partial charge in [-0.05, 0) is 41.3 Å². The molecule has 0 amide bonds. The molecule has 1 unspecified atom stereocenters. The van der Waals surface area contributed by atoms with Gasteiger partial charge in [0.25, 0.3) is 0 Å². The Morgan fingerprint density at radius 1 is 1.38 bits per heavy atom. The molecule has 0 saturated carbocycles. The Morgan fingerprint density at radius 3 is 2.88 bits per heavy atom. The maximum atomic E-state index is 5.54. The van der Waals surface area contributed by atoms with Crippen LogP contribution < -0.4 is 15.4 Å². The van der Waals surface area contributed by atoms with Crippen LogP contribution in [0.3, 0.4) is 0 Å². The molecule has 2 heterocycles. The van der Waals surface area contributed by atoms with Crippen molar-refractivity contribution in [3.05, 3.63) is 46.3 Å². The summed E-state index contributed by atoms with van der Waals surface area (Å²) in [5.74, 6) is 1.89. The van der Waals surface area contributed by atoms with Gasteiger partial charge in [0.2, 0.25) is 5.88 Å². The molecule has 24 heavy (non-hydrogen) atoms. The average molecular weight is 460 g/mol. The van der Waals surface area contributed by atoms with Crippen LogP contribution in [0.4, 0.5) is 0 Å². The lowest BCUT2D eigenvalue weighted by atomic mass is 10.1. The summed E-state index contributed by atoms with van der Waals surface area (Å²) in [5, 5.41) is 11.0. The van der Waals surface area contributed by atoms with Crippen molar-refractivity contribution < 1.29 is 4.74 Å². The third-order valence-corrected chi connectivity index (χ3v) is 4.19. The minimum absolute atomic E-state index is 0. The van der Waals surface area contributed by atoms with E-state index < -0.39 is 0 Å². The molecule has 2 aromatic rings. The quantitative estimate of drug-likeness (QED) is 0.377. The first-order valence-corrected chi connectivity index (χ1v) is 8.72. The number of thiophene rings is 1. The Bertz CT molecular complexity index is 619. The van der Waals surface area contributed by atoms with Crippen LogP contribution in [0.25, 0.3) is 0 Å². The van der Waals surface area contributed by atoms with E-state index in [1.165, 1.54) is 5.56 Å². The zero-order valence-electron chi connectivity index (χ0n) is 14.3. The molecule has 1 atom stereocenters. The van der Waals surface area contributed by atoms with Gasteiger partial charge in [0, 0.05) is 31.9 Å². The Labute approximate surface area is 165 Å². The van der Waals surface area contributed by atoms with Crippen LogP contribution >= 0.6 is 35.3 Å². The first kappa shape index (κ1) is 20.7. The number of rotatable bonds is 7. The molecule has 0 spiro atoms. The van der Waals surface area contributed by atoms with Crippen LogP contribution in [0, 0.1) is 0 Å². The molecular formula is C17H25IN4OS. The summed E-state index contributed by atoms with van der Waals surface area (Å²) in [6.07, 6.45) is 1.74. The molecule has 2 N–H and O–H groups in total. The first-order valence-electron chi connectivity index (χ1n) is 7.77. The molecule has 0 aromatic carbocycles. The molecule has 0 aliphatic rings. The lowest BCUT2D eigenvalue weighted by Crippen LogP contribution is -2.38. The van der Waals surface area contributed by atoms with Crippen molar-refractivity contribution in [2.45, 2.75) is 26.3 Å². The standard InChI is InChI=1S/C17H24N4OS.HI/c1-4-22-16-14(6-5-8-19-16)11-21-17(18-3)20-10-13(2)15-7-9-23-12-15;/h5-9,12-13H,4,10-11H2,1-3H3,(H2,18,20,21);1H. The zero-order chi connectivity index (χ0) is 16.5. The number of nitrogens with zero attached hydrogens (tertiary/aromatic N) is 2. The summed E-state index contributed by atoms with van der Waals surface area (Å²) >= 11 is 1.73. The third kappa shape index (κ3) is 6.27. The Hall–Kier alpha value is -1.35.